The van der Waals surface area contributed by atoms with Crippen molar-refractivity contribution in [3.63, 3.8) is 0 Å². The van der Waals surface area contributed by atoms with E-state index in [1.54, 1.807) is 0 Å². The predicted octanol–water partition coefficient (Wildman–Crippen LogP) is 3.48. The molecule has 1 N–H and O–H groups in total. The molecule has 0 aliphatic heterocycles. The molecule has 0 radical (unpaired) electrons. The lowest BCUT2D eigenvalue weighted by atomic mass is 10.1. The molecule has 1 aromatic heterocycles. The third kappa shape index (κ3) is 4.09. The Bertz CT molecular complexity index is 645. The Kier molecular flexibility index (Phi) is 4.32. The molecule has 2 aromatic rings. The number of hydroxylamine groups is 1. The fourth-order valence-corrected chi connectivity index (χ4v) is 1.59. The lowest BCUT2D eigenvalue weighted by Crippen LogP contribution is -2.27. The van der Waals surface area contributed by atoms with E-state index in [1.165, 1.54) is 18.5 Å². The largest absolute Gasteiger partial charge is 0.416 e. The first-order chi connectivity index (χ1) is 9.86. The van der Waals surface area contributed by atoms with Crippen molar-refractivity contribution >= 4 is 17.5 Å². The molecule has 1 heterocycles. The standard InChI is InChI=1S/C13H8ClF3N2O2/c14-10-5-11(7-18-6-10)21-19-12(20)8-1-3-9(4-2-8)13(15,16)17/h1-7H,(H,19,20). The minimum atomic E-state index is -4.45. The van der Waals surface area contributed by atoms with Gasteiger partial charge in [0, 0.05) is 17.8 Å². The van der Waals surface area contributed by atoms with Gasteiger partial charge in [-0.1, -0.05) is 11.6 Å². The third-order valence-corrected chi connectivity index (χ3v) is 2.62. The first-order valence-electron chi connectivity index (χ1n) is 5.61. The number of hydrogen-bond donors (Lipinski definition) is 1. The molecule has 0 spiro atoms. The van der Waals surface area contributed by atoms with E-state index in [1.807, 2.05) is 0 Å². The highest BCUT2D eigenvalue weighted by Crippen LogP contribution is 2.29. The lowest BCUT2D eigenvalue weighted by molar-refractivity contribution is -0.137. The minimum Gasteiger partial charge on any atom is -0.378 e. The lowest BCUT2D eigenvalue weighted by Gasteiger charge is -2.09. The molecule has 21 heavy (non-hydrogen) atoms. The second-order valence-corrected chi connectivity index (χ2v) is 4.38. The minimum absolute atomic E-state index is 0.0259. The summed E-state index contributed by atoms with van der Waals surface area (Å²) >= 11 is 5.68. The summed E-state index contributed by atoms with van der Waals surface area (Å²) < 4.78 is 37.1. The Morgan fingerprint density at radius 2 is 1.86 bits per heavy atom. The number of carbonyl (C=O) groups excluding carboxylic acids is 1. The van der Waals surface area contributed by atoms with E-state index in [4.69, 9.17) is 16.4 Å². The number of alkyl halides is 3. The smallest absolute Gasteiger partial charge is 0.378 e. The van der Waals surface area contributed by atoms with Gasteiger partial charge in [-0.3, -0.25) is 9.78 Å². The second-order valence-electron chi connectivity index (χ2n) is 3.95. The highest BCUT2D eigenvalue weighted by molar-refractivity contribution is 6.30. The van der Waals surface area contributed by atoms with Gasteiger partial charge in [0.05, 0.1) is 16.8 Å². The molecule has 0 aliphatic carbocycles. The zero-order chi connectivity index (χ0) is 15.5. The quantitative estimate of drug-likeness (QED) is 0.882. The molecule has 2 rings (SSSR count). The molecule has 0 unspecified atom stereocenters. The van der Waals surface area contributed by atoms with Crippen molar-refractivity contribution in [3.8, 4) is 5.75 Å². The molecule has 1 amide bonds. The highest BCUT2D eigenvalue weighted by Gasteiger charge is 2.30. The molecular formula is C13H8ClF3N2O2. The molecule has 110 valence electrons. The summed E-state index contributed by atoms with van der Waals surface area (Å²) in [5.74, 6) is -0.494. The number of benzene rings is 1. The summed E-state index contributed by atoms with van der Waals surface area (Å²) in [7, 11) is 0. The van der Waals surface area contributed by atoms with Gasteiger partial charge in [0.1, 0.15) is 0 Å². The van der Waals surface area contributed by atoms with Gasteiger partial charge in [0.25, 0.3) is 5.91 Å². The number of hydrogen-bond acceptors (Lipinski definition) is 3. The van der Waals surface area contributed by atoms with Gasteiger partial charge in [-0.15, -0.1) is 0 Å². The van der Waals surface area contributed by atoms with Crippen LogP contribution < -0.4 is 10.3 Å². The zero-order valence-corrected chi connectivity index (χ0v) is 11.1. The molecule has 0 saturated carbocycles. The molecular weight excluding hydrogens is 309 g/mol. The summed E-state index contributed by atoms with van der Waals surface area (Å²) in [5.41, 5.74) is 1.27. The molecule has 0 saturated heterocycles. The van der Waals surface area contributed by atoms with Crippen molar-refractivity contribution in [1.82, 2.24) is 10.5 Å². The number of carbonyl (C=O) groups is 1. The van der Waals surface area contributed by atoms with Crippen LogP contribution in [0.4, 0.5) is 13.2 Å². The number of amides is 1. The van der Waals surface area contributed by atoms with Crippen molar-refractivity contribution < 1.29 is 22.8 Å². The maximum absolute atomic E-state index is 12.4. The van der Waals surface area contributed by atoms with Crippen LogP contribution in [0, 0.1) is 0 Å². The molecule has 0 atom stereocenters. The van der Waals surface area contributed by atoms with Crippen LogP contribution in [-0.4, -0.2) is 10.9 Å². The maximum atomic E-state index is 12.4. The number of rotatable bonds is 3. The van der Waals surface area contributed by atoms with Gasteiger partial charge in [0.15, 0.2) is 5.75 Å². The highest BCUT2D eigenvalue weighted by atomic mass is 35.5. The van der Waals surface area contributed by atoms with Crippen LogP contribution in [0.3, 0.4) is 0 Å². The number of nitrogens with zero attached hydrogens (tertiary/aromatic N) is 1. The van der Waals surface area contributed by atoms with Gasteiger partial charge in [0.2, 0.25) is 0 Å². The van der Waals surface area contributed by atoms with Crippen LogP contribution in [0.25, 0.3) is 0 Å². The first-order valence-corrected chi connectivity index (χ1v) is 5.99. The normalized spacial score (nSPS) is 11.0. The van der Waals surface area contributed by atoms with E-state index in [2.05, 4.69) is 10.5 Å². The average Bonchev–Trinajstić information content (AvgIpc) is 2.44. The topological polar surface area (TPSA) is 51.2 Å². The molecule has 1 aromatic carbocycles. The Morgan fingerprint density at radius 1 is 1.19 bits per heavy atom. The maximum Gasteiger partial charge on any atom is 0.416 e. The van der Waals surface area contributed by atoms with Crippen LogP contribution in [0.15, 0.2) is 42.7 Å². The molecule has 0 bridgehead atoms. The molecule has 0 aliphatic rings. The summed E-state index contributed by atoms with van der Waals surface area (Å²) in [4.78, 5) is 20.4. The van der Waals surface area contributed by atoms with E-state index in [-0.39, 0.29) is 11.3 Å². The fourth-order valence-electron chi connectivity index (χ4n) is 1.42. The summed E-state index contributed by atoms with van der Waals surface area (Å²) in [6, 6.07) is 5.16. The van der Waals surface area contributed by atoms with Crippen molar-refractivity contribution in [2.75, 3.05) is 0 Å². The Morgan fingerprint density at radius 3 is 2.43 bits per heavy atom. The zero-order valence-electron chi connectivity index (χ0n) is 10.3. The van der Waals surface area contributed by atoms with E-state index >= 15 is 0 Å². The number of aromatic nitrogens is 1. The van der Waals surface area contributed by atoms with E-state index in [9.17, 15) is 18.0 Å². The summed E-state index contributed by atoms with van der Waals surface area (Å²) in [6.45, 7) is 0. The van der Waals surface area contributed by atoms with Gasteiger partial charge in [-0.05, 0) is 24.3 Å². The summed E-state index contributed by atoms with van der Waals surface area (Å²) in [6.07, 6.45) is -1.75. The molecule has 0 fully saturated rings. The average molecular weight is 317 g/mol. The van der Waals surface area contributed by atoms with E-state index in [0.717, 1.165) is 24.3 Å². The predicted molar refractivity (Wildman–Crippen MR) is 68.8 cm³/mol. The van der Waals surface area contributed by atoms with Crippen molar-refractivity contribution in [3.05, 3.63) is 58.9 Å². The third-order valence-electron chi connectivity index (χ3n) is 2.42. The van der Waals surface area contributed by atoms with Crippen molar-refractivity contribution in [2.45, 2.75) is 6.18 Å². The van der Waals surface area contributed by atoms with Crippen LogP contribution in [-0.2, 0) is 6.18 Å². The SMILES string of the molecule is O=C(NOc1cncc(Cl)c1)c1ccc(C(F)(F)F)cc1. The van der Waals surface area contributed by atoms with Crippen molar-refractivity contribution in [2.24, 2.45) is 0 Å². The Balaban J connectivity index is 2.00. The monoisotopic (exact) mass is 316 g/mol. The first kappa shape index (κ1) is 15.1. The van der Waals surface area contributed by atoms with Crippen LogP contribution in [0.1, 0.15) is 15.9 Å². The number of halogens is 4. The second kappa shape index (κ2) is 6.01. The van der Waals surface area contributed by atoms with Crippen molar-refractivity contribution in [1.29, 1.82) is 0 Å². The Labute approximate surface area is 122 Å². The number of pyridine rings is 1. The number of nitrogens with one attached hydrogen (secondary N) is 1. The van der Waals surface area contributed by atoms with Gasteiger partial charge in [-0.25, -0.2) is 0 Å². The molecule has 8 heteroatoms. The summed E-state index contributed by atoms with van der Waals surface area (Å²) in [5, 5.41) is 0.316. The van der Waals surface area contributed by atoms with Gasteiger partial charge < -0.3 is 4.84 Å². The Hall–Kier alpha value is -2.28. The van der Waals surface area contributed by atoms with Crippen LogP contribution in [0.5, 0.6) is 5.75 Å². The fraction of sp³-hybridized carbons (Fsp3) is 0.0769. The van der Waals surface area contributed by atoms with E-state index < -0.39 is 17.6 Å². The van der Waals surface area contributed by atoms with Gasteiger partial charge >= 0.3 is 6.18 Å². The van der Waals surface area contributed by atoms with Gasteiger partial charge in [-0.2, -0.15) is 18.7 Å². The van der Waals surface area contributed by atoms with Crippen LogP contribution >= 0.6 is 11.6 Å². The van der Waals surface area contributed by atoms with E-state index in [0.29, 0.717) is 5.02 Å². The molecule has 4 nitrogen and oxygen atoms in total. The van der Waals surface area contributed by atoms with Crippen LogP contribution in [0.2, 0.25) is 5.02 Å².